The van der Waals surface area contributed by atoms with Crippen molar-refractivity contribution in [3.63, 3.8) is 0 Å². The fourth-order valence-electron chi connectivity index (χ4n) is 4.11. The lowest BCUT2D eigenvalue weighted by Crippen LogP contribution is -2.50. The van der Waals surface area contributed by atoms with Crippen molar-refractivity contribution in [1.82, 2.24) is 5.32 Å². The molecule has 3 N–H and O–H groups in total. The van der Waals surface area contributed by atoms with Crippen LogP contribution in [0.25, 0.3) is 0 Å². The summed E-state index contributed by atoms with van der Waals surface area (Å²) in [5.41, 5.74) is 4.48. The maximum Gasteiger partial charge on any atom is 0.328 e. The summed E-state index contributed by atoms with van der Waals surface area (Å²) in [7, 11) is 0. The zero-order valence-electron chi connectivity index (χ0n) is 20.4. The summed E-state index contributed by atoms with van der Waals surface area (Å²) in [6.07, 6.45) is 0.327. The van der Waals surface area contributed by atoms with Crippen molar-refractivity contribution in [1.29, 1.82) is 0 Å². The molecule has 0 spiro atoms. The smallest absolute Gasteiger partial charge is 0.328 e. The van der Waals surface area contributed by atoms with Gasteiger partial charge in [-0.3, -0.25) is 39.9 Å². The summed E-state index contributed by atoms with van der Waals surface area (Å²) < 4.78 is 5.24. The van der Waals surface area contributed by atoms with E-state index in [4.69, 9.17) is 10.5 Å². The summed E-state index contributed by atoms with van der Waals surface area (Å²) in [5, 5.41) is 36.0. The standard InChI is InChI=1S/C23H24N6O10/c24-21(30)10-8-17(23(32)39-13-14-3-5-15(6-4-14)27(33)34)25-22(31)19-2-1-11-26(19)18-9-7-16(28(35)36)12-20(18)29(37)38/h3-7,9,12,17,19H,1-2,8,10-11,13H2,(H2,24,30)(H,25,31)/t17-,19-/m0/s1. The number of carbonyl (C=O) groups is 3. The van der Waals surface area contributed by atoms with Crippen LogP contribution in [0.5, 0.6) is 0 Å². The van der Waals surface area contributed by atoms with Crippen molar-refractivity contribution in [2.24, 2.45) is 5.73 Å². The Morgan fingerprint density at radius 1 is 1.00 bits per heavy atom. The number of nitrogens with zero attached hydrogens (tertiary/aromatic N) is 4. The Morgan fingerprint density at radius 3 is 2.23 bits per heavy atom. The van der Waals surface area contributed by atoms with E-state index in [0.29, 0.717) is 12.0 Å². The van der Waals surface area contributed by atoms with Gasteiger partial charge in [0.25, 0.3) is 17.1 Å². The van der Waals surface area contributed by atoms with E-state index < -0.39 is 56.0 Å². The summed E-state index contributed by atoms with van der Waals surface area (Å²) >= 11 is 0. The molecule has 2 atom stereocenters. The SMILES string of the molecule is NC(=O)CC[C@H](NC(=O)[C@@H]1CCCN1c1ccc([N+](=O)[O-])cc1[N+](=O)[O-])C(=O)OCc1ccc([N+](=O)[O-])cc1. The quantitative estimate of drug-likeness (QED) is 0.222. The number of nitro groups is 3. The van der Waals surface area contributed by atoms with Crippen molar-refractivity contribution in [2.75, 3.05) is 11.4 Å². The van der Waals surface area contributed by atoms with Gasteiger partial charge in [0.05, 0.1) is 20.8 Å². The normalized spacial score (nSPS) is 15.3. The first-order valence-corrected chi connectivity index (χ1v) is 11.7. The first kappa shape index (κ1) is 28.4. The van der Waals surface area contributed by atoms with Gasteiger partial charge in [0.15, 0.2) is 0 Å². The van der Waals surface area contributed by atoms with Crippen LogP contribution in [-0.2, 0) is 25.7 Å². The fourth-order valence-corrected chi connectivity index (χ4v) is 4.11. The maximum atomic E-state index is 13.2. The molecule has 1 fully saturated rings. The number of nitrogens with one attached hydrogen (secondary N) is 1. The van der Waals surface area contributed by atoms with Crippen LogP contribution in [0.1, 0.15) is 31.2 Å². The van der Waals surface area contributed by atoms with Crippen LogP contribution in [-0.4, -0.2) is 51.2 Å². The van der Waals surface area contributed by atoms with Gasteiger partial charge in [-0.1, -0.05) is 0 Å². The molecular formula is C23H24N6O10. The number of non-ortho nitro benzene ring substituents is 2. The Hall–Kier alpha value is -5.15. The highest BCUT2D eigenvalue weighted by atomic mass is 16.6. The summed E-state index contributed by atoms with van der Waals surface area (Å²) in [5.74, 6) is -2.27. The monoisotopic (exact) mass is 544 g/mol. The van der Waals surface area contributed by atoms with Crippen LogP contribution >= 0.6 is 0 Å². The van der Waals surface area contributed by atoms with Gasteiger partial charge in [-0.05, 0) is 43.0 Å². The predicted octanol–water partition coefficient (Wildman–Crippen LogP) is 1.87. The van der Waals surface area contributed by atoms with E-state index in [1.165, 1.54) is 35.2 Å². The number of primary amides is 1. The van der Waals surface area contributed by atoms with Crippen LogP contribution in [0.2, 0.25) is 0 Å². The molecule has 206 valence electrons. The molecule has 0 radical (unpaired) electrons. The van der Waals surface area contributed by atoms with Gasteiger partial charge in [0, 0.05) is 31.2 Å². The van der Waals surface area contributed by atoms with Crippen LogP contribution in [0.3, 0.4) is 0 Å². The van der Waals surface area contributed by atoms with Crippen LogP contribution < -0.4 is 16.0 Å². The van der Waals surface area contributed by atoms with E-state index in [1.807, 2.05) is 0 Å². The lowest BCUT2D eigenvalue weighted by molar-refractivity contribution is -0.393. The third-order valence-electron chi connectivity index (χ3n) is 6.04. The zero-order chi connectivity index (χ0) is 28.7. The van der Waals surface area contributed by atoms with Gasteiger partial charge in [0.2, 0.25) is 11.8 Å². The highest BCUT2D eigenvalue weighted by Gasteiger charge is 2.37. The van der Waals surface area contributed by atoms with Crippen LogP contribution in [0.4, 0.5) is 22.7 Å². The summed E-state index contributed by atoms with van der Waals surface area (Å²) in [6, 6.07) is 6.16. The van der Waals surface area contributed by atoms with E-state index in [1.54, 1.807) is 0 Å². The highest BCUT2D eigenvalue weighted by molar-refractivity contribution is 5.91. The lowest BCUT2D eigenvalue weighted by atomic mass is 10.1. The number of hydrogen-bond donors (Lipinski definition) is 2. The number of benzene rings is 2. The molecule has 0 bridgehead atoms. The average molecular weight is 544 g/mol. The Bertz CT molecular complexity index is 1300. The molecule has 1 heterocycles. The van der Waals surface area contributed by atoms with Gasteiger partial charge in [0.1, 0.15) is 24.4 Å². The van der Waals surface area contributed by atoms with Crippen molar-refractivity contribution >= 4 is 40.5 Å². The molecule has 2 aromatic rings. The number of amides is 2. The first-order valence-electron chi connectivity index (χ1n) is 11.7. The summed E-state index contributed by atoms with van der Waals surface area (Å²) in [6.45, 7) is -0.0163. The molecule has 0 aliphatic carbocycles. The molecule has 16 heteroatoms. The number of carbonyl (C=O) groups excluding carboxylic acids is 3. The molecule has 2 amide bonds. The van der Waals surface area contributed by atoms with Crippen molar-refractivity contribution < 1.29 is 33.9 Å². The maximum absolute atomic E-state index is 13.2. The topological polar surface area (TPSA) is 231 Å². The minimum Gasteiger partial charge on any atom is -0.459 e. The molecule has 1 saturated heterocycles. The number of esters is 1. The van der Waals surface area contributed by atoms with E-state index in [-0.39, 0.29) is 43.8 Å². The second-order valence-electron chi connectivity index (χ2n) is 8.64. The predicted molar refractivity (Wildman–Crippen MR) is 133 cm³/mol. The number of nitro benzene ring substituents is 3. The van der Waals surface area contributed by atoms with Crippen molar-refractivity contribution in [3.8, 4) is 0 Å². The van der Waals surface area contributed by atoms with E-state index in [0.717, 1.165) is 12.1 Å². The third kappa shape index (κ3) is 7.21. The molecule has 39 heavy (non-hydrogen) atoms. The lowest BCUT2D eigenvalue weighted by Gasteiger charge is -2.27. The first-order chi connectivity index (χ1) is 18.5. The fraction of sp³-hybridized carbons (Fsp3) is 0.348. The molecule has 2 aromatic carbocycles. The van der Waals surface area contributed by atoms with Crippen molar-refractivity contribution in [2.45, 2.75) is 44.4 Å². The number of anilines is 1. The Balaban J connectivity index is 1.75. The Morgan fingerprint density at radius 2 is 1.64 bits per heavy atom. The largest absolute Gasteiger partial charge is 0.459 e. The highest BCUT2D eigenvalue weighted by Crippen LogP contribution is 2.36. The second kappa shape index (κ2) is 12.4. The molecule has 3 rings (SSSR count). The molecule has 0 saturated carbocycles. The molecule has 1 aliphatic heterocycles. The van der Waals surface area contributed by atoms with E-state index >= 15 is 0 Å². The minimum atomic E-state index is -1.28. The number of rotatable bonds is 12. The van der Waals surface area contributed by atoms with Crippen molar-refractivity contribution in [3.05, 3.63) is 78.4 Å². The Kier molecular flexibility index (Phi) is 9.03. The average Bonchev–Trinajstić information content (AvgIpc) is 3.39. The third-order valence-corrected chi connectivity index (χ3v) is 6.04. The molecule has 16 nitrogen and oxygen atoms in total. The van der Waals surface area contributed by atoms with Gasteiger partial charge >= 0.3 is 5.97 Å². The molecule has 0 aromatic heterocycles. The number of ether oxygens (including phenoxy) is 1. The molecular weight excluding hydrogens is 520 g/mol. The van der Waals surface area contributed by atoms with E-state index in [9.17, 15) is 44.7 Å². The van der Waals surface area contributed by atoms with Gasteiger partial charge < -0.3 is 20.7 Å². The van der Waals surface area contributed by atoms with Crippen LogP contribution in [0, 0.1) is 30.3 Å². The van der Waals surface area contributed by atoms with Gasteiger partial charge in [-0.15, -0.1) is 0 Å². The number of hydrogen-bond acceptors (Lipinski definition) is 11. The molecule has 1 aliphatic rings. The van der Waals surface area contributed by atoms with Crippen LogP contribution in [0.15, 0.2) is 42.5 Å². The van der Waals surface area contributed by atoms with E-state index in [2.05, 4.69) is 5.32 Å². The molecule has 0 unspecified atom stereocenters. The van der Waals surface area contributed by atoms with Gasteiger partial charge in [-0.2, -0.15) is 0 Å². The summed E-state index contributed by atoms with van der Waals surface area (Å²) in [4.78, 5) is 70.1. The number of nitrogens with two attached hydrogens (primary N) is 1. The minimum absolute atomic E-state index is 0.0117. The Labute approximate surface area is 220 Å². The second-order valence-corrected chi connectivity index (χ2v) is 8.64. The van der Waals surface area contributed by atoms with Gasteiger partial charge in [-0.25, -0.2) is 4.79 Å². The zero-order valence-corrected chi connectivity index (χ0v) is 20.4.